The maximum Gasteiger partial charge on any atom is 0.345 e. The van der Waals surface area contributed by atoms with Crippen LogP contribution >= 0.6 is 35.9 Å². The van der Waals surface area contributed by atoms with E-state index >= 15 is 0 Å². The Morgan fingerprint density at radius 2 is 2.00 bits per heavy atom. The van der Waals surface area contributed by atoms with Crippen molar-refractivity contribution in [1.29, 1.82) is 0 Å². The summed E-state index contributed by atoms with van der Waals surface area (Å²) in [5.41, 5.74) is 7.59. The molecule has 1 aromatic carbocycles. The number of rotatable bonds is 1. The monoisotopic (exact) mass is 327 g/mol. The lowest BCUT2D eigenvalue weighted by molar-refractivity contribution is 0.327. The quantitative estimate of drug-likeness (QED) is 0.687. The smallest absolute Gasteiger partial charge is 0.323 e. The summed E-state index contributed by atoms with van der Waals surface area (Å²) in [7, 11) is -4.27. The SMILES string of the molecule is Cl.NC1(P(=O)(O)O)Cc2cccc(Br)c2C1. The molecule has 0 saturated heterocycles. The third kappa shape index (κ3) is 2.21. The van der Waals surface area contributed by atoms with Crippen LogP contribution in [0.2, 0.25) is 0 Å². The van der Waals surface area contributed by atoms with Crippen LogP contribution in [-0.4, -0.2) is 15.1 Å². The highest BCUT2D eigenvalue weighted by molar-refractivity contribution is 9.10. The topological polar surface area (TPSA) is 83.6 Å². The number of benzene rings is 1. The Kier molecular flexibility index (Phi) is 3.90. The van der Waals surface area contributed by atoms with E-state index in [-0.39, 0.29) is 25.2 Å². The van der Waals surface area contributed by atoms with Gasteiger partial charge in [-0.2, -0.15) is 0 Å². The largest absolute Gasteiger partial charge is 0.345 e. The summed E-state index contributed by atoms with van der Waals surface area (Å²) in [6.45, 7) is 0. The van der Waals surface area contributed by atoms with Crippen molar-refractivity contribution in [2.45, 2.75) is 18.1 Å². The van der Waals surface area contributed by atoms with E-state index in [2.05, 4.69) is 15.9 Å². The van der Waals surface area contributed by atoms with Crippen molar-refractivity contribution < 1.29 is 14.4 Å². The van der Waals surface area contributed by atoms with E-state index in [9.17, 15) is 14.4 Å². The molecule has 0 saturated carbocycles. The summed E-state index contributed by atoms with van der Waals surface area (Å²) in [6, 6.07) is 5.54. The van der Waals surface area contributed by atoms with E-state index in [0.717, 1.165) is 15.6 Å². The molecule has 0 fully saturated rings. The number of fused-ring (bicyclic) bond motifs is 1. The number of nitrogens with two attached hydrogens (primary N) is 1. The Morgan fingerprint density at radius 3 is 2.50 bits per heavy atom. The lowest BCUT2D eigenvalue weighted by Crippen LogP contribution is -2.40. The molecule has 1 atom stereocenters. The number of halogens is 2. The minimum absolute atomic E-state index is 0. The predicted molar refractivity (Wildman–Crippen MR) is 67.8 cm³/mol. The highest BCUT2D eigenvalue weighted by Crippen LogP contribution is 2.54. The van der Waals surface area contributed by atoms with Gasteiger partial charge in [0.2, 0.25) is 0 Å². The summed E-state index contributed by atoms with van der Waals surface area (Å²) in [5.74, 6) is 0. The molecule has 1 unspecified atom stereocenters. The average Bonchev–Trinajstić information content (AvgIpc) is 2.43. The second-order valence-electron chi connectivity index (χ2n) is 3.88. The van der Waals surface area contributed by atoms with Gasteiger partial charge in [0.15, 0.2) is 0 Å². The van der Waals surface area contributed by atoms with Crippen LogP contribution in [0.5, 0.6) is 0 Å². The fourth-order valence-electron chi connectivity index (χ4n) is 1.87. The molecule has 0 bridgehead atoms. The Labute approximate surface area is 108 Å². The van der Waals surface area contributed by atoms with Crippen LogP contribution in [-0.2, 0) is 17.4 Å². The van der Waals surface area contributed by atoms with Crippen LogP contribution in [0.4, 0.5) is 0 Å². The molecule has 2 rings (SSSR count). The van der Waals surface area contributed by atoms with Crippen LogP contribution < -0.4 is 5.73 Å². The van der Waals surface area contributed by atoms with E-state index in [1.807, 2.05) is 18.2 Å². The Balaban J connectivity index is 0.00000128. The normalized spacial score (nSPS) is 23.8. The van der Waals surface area contributed by atoms with Crippen LogP contribution in [0.3, 0.4) is 0 Å². The van der Waals surface area contributed by atoms with E-state index in [1.54, 1.807) is 0 Å². The van der Waals surface area contributed by atoms with E-state index in [0.29, 0.717) is 0 Å². The minimum atomic E-state index is -4.27. The van der Waals surface area contributed by atoms with Gasteiger partial charge in [0.05, 0.1) is 0 Å². The molecule has 1 aromatic rings. The zero-order chi connectivity index (χ0) is 11.3. The molecule has 1 aliphatic rings. The van der Waals surface area contributed by atoms with Gasteiger partial charge in [0.1, 0.15) is 5.28 Å². The molecule has 90 valence electrons. The first kappa shape index (κ1) is 14.2. The lowest BCUT2D eigenvalue weighted by atomic mass is 10.1. The van der Waals surface area contributed by atoms with Gasteiger partial charge in [-0.1, -0.05) is 28.1 Å². The van der Waals surface area contributed by atoms with Crippen molar-refractivity contribution in [1.82, 2.24) is 0 Å². The zero-order valence-electron chi connectivity index (χ0n) is 8.26. The fourth-order valence-corrected chi connectivity index (χ4v) is 3.16. The standard InChI is InChI=1S/C9H11BrNO3P.ClH/c10-8-3-1-2-6-4-9(11,5-7(6)8)15(12,13)14;/h1-3H,4-5,11H2,(H2,12,13,14);1H. The van der Waals surface area contributed by atoms with Crippen molar-refractivity contribution >= 4 is 35.9 Å². The average molecular weight is 329 g/mol. The molecule has 7 heteroatoms. The van der Waals surface area contributed by atoms with Crippen molar-refractivity contribution in [2.24, 2.45) is 5.73 Å². The predicted octanol–water partition coefficient (Wildman–Crippen LogP) is 1.80. The third-order valence-corrected chi connectivity index (χ3v) is 4.99. The van der Waals surface area contributed by atoms with Crippen LogP contribution in [0, 0.1) is 0 Å². The van der Waals surface area contributed by atoms with E-state index < -0.39 is 12.9 Å². The van der Waals surface area contributed by atoms with Gasteiger partial charge < -0.3 is 15.5 Å². The van der Waals surface area contributed by atoms with Crippen molar-refractivity contribution in [3.63, 3.8) is 0 Å². The first-order valence-corrected chi connectivity index (χ1v) is 6.85. The molecular formula is C9H12BrClNO3P. The van der Waals surface area contributed by atoms with Gasteiger partial charge in [-0.3, -0.25) is 4.57 Å². The van der Waals surface area contributed by atoms with Crippen LogP contribution in [0.1, 0.15) is 11.1 Å². The molecule has 4 N–H and O–H groups in total. The van der Waals surface area contributed by atoms with Crippen molar-refractivity contribution in [2.75, 3.05) is 0 Å². The maximum atomic E-state index is 11.3. The minimum Gasteiger partial charge on any atom is -0.323 e. The Hall–Kier alpha value is 0.1000. The zero-order valence-corrected chi connectivity index (χ0v) is 11.6. The Morgan fingerprint density at radius 1 is 1.38 bits per heavy atom. The molecular weight excluding hydrogens is 316 g/mol. The molecule has 0 radical (unpaired) electrons. The van der Waals surface area contributed by atoms with Gasteiger partial charge in [-0.05, 0) is 17.2 Å². The molecule has 0 amide bonds. The van der Waals surface area contributed by atoms with Crippen molar-refractivity contribution in [3.8, 4) is 0 Å². The summed E-state index contributed by atoms with van der Waals surface area (Å²) in [6.07, 6.45) is 0.445. The van der Waals surface area contributed by atoms with E-state index in [4.69, 9.17) is 5.73 Å². The summed E-state index contributed by atoms with van der Waals surface area (Å²) in [5, 5.41) is -1.43. The molecule has 16 heavy (non-hydrogen) atoms. The van der Waals surface area contributed by atoms with Gasteiger partial charge in [-0.25, -0.2) is 0 Å². The summed E-state index contributed by atoms with van der Waals surface area (Å²) in [4.78, 5) is 18.4. The molecule has 1 aliphatic carbocycles. The highest BCUT2D eigenvalue weighted by Gasteiger charge is 2.48. The van der Waals surface area contributed by atoms with Gasteiger partial charge >= 0.3 is 7.60 Å². The van der Waals surface area contributed by atoms with Crippen LogP contribution in [0.15, 0.2) is 22.7 Å². The Bertz CT molecular complexity index is 464. The summed E-state index contributed by atoms with van der Waals surface area (Å²) < 4.78 is 12.2. The number of hydrogen-bond donors (Lipinski definition) is 3. The van der Waals surface area contributed by atoms with E-state index in [1.165, 1.54) is 0 Å². The second-order valence-corrected chi connectivity index (χ2v) is 6.71. The van der Waals surface area contributed by atoms with Gasteiger partial charge in [0.25, 0.3) is 0 Å². The molecule has 0 aromatic heterocycles. The first-order chi connectivity index (χ1) is 6.83. The third-order valence-electron chi connectivity index (χ3n) is 2.78. The van der Waals surface area contributed by atoms with Crippen LogP contribution in [0.25, 0.3) is 0 Å². The van der Waals surface area contributed by atoms with Gasteiger partial charge in [0, 0.05) is 17.3 Å². The first-order valence-electron chi connectivity index (χ1n) is 4.44. The second kappa shape index (κ2) is 4.41. The van der Waals surface area contributed by atoms with Crippen molar-refractivity contribution in [3.05, 3.63) is 33.8 Å². The summed E-state index contributed by atoms with van der Waals surface area (Å²) >= 11 is 3.36. The molecule has 0 heterocycles. The molecule has 4 nitrogen and oxygen atoms in total. The fraction of sp³-hybridized carbons (Fsp3) is 0.333. The molecule has 0 aliphatic heterocycles. The molecule has 0 spiro atoms. The highest BCUT2D eigenvalue weighted by atomic mass is 79.9. The maximum absolute atomic E-state index is 11.3. The lowest BCUT2D eigenvalue weighted by Gasteiger charge is -2.24. The van der Waals surface area contributed by atoms with Gasteiger partial charge in [-0.15, -0.1) is 12.4 Å². The number of hydrogen-bond acceptors (Lipinski definition) is 2.